The molecule has 0 bridgehead atoms. The van der Waals surface area contributed by atoms with Crippen molar-refractivity contribution in [3.05, 3.63) is 23.4 Å². The number of hydrogen-bond acceptors (Lipinski definition) is 2. The zero-order valence-corrected chi connectivity index (χ0v) is 12.3. The number of aliphatic hydroxyl groups is 2. The van der Waals surface area contributed by atoms with E-state index < -0.39 is 8.07 Å². The van der Waals surface area contributed by atoms with Gasteiger partial charge in [0.15, 0.2) is 0 Å². The van der Waals surface area contributed by atoms with Gasteiger partial charge in [0.2, 0.25) is 0 Å². The first kappa shape index (κ1) is 19.8. The maximum atomic E-state index is 7.00. The van der Waals surface area contributed by atoms with Gasteiger partial charge in [0.05, 0.1) is 0 Å². The molecule has 0 aromatic rings. The van der Waals surface area contributed by atoms with E-state index >= 15 is 0 Å². The van der Waals surface area contributed by atoms with E-state index in [2.05, 4.69) is 37.9 Å². The van der Waals surface area contributed by atoms with Gasteiger partial charge in [-0.2, -0.15) is 6.08 Å². The van der Waals surface area contributed by atoms with Gasteiger partial charge in [0.1, 0.15) is 0 Å². The van der Waals surface area contributed by atoms with Crippen LogP contribution in [0.1, 0.15) is 6.42 Å². The first-order chi connectivity index (χ1) is 6.11. The molecule has 0 amide bonds. The summed E-state index contributed by atoms with van der Waals surface area (Å²) in [5.41, 5.74) is 0. The summed E-state index contributed by atoms with van der Waals surface area (Å²) in [7, 11) is 0.995. The Morgan fingerprint density at radius 3 is 1.71 bits per heavy atom. The van der Waals surface area contributed by atoms with Crippen molar-refractivity contribution in [2.75, 3.05) is 14.2 Å². The van der Waals surface area contributed by atoms with E-state index in [1.807, 2.05) is 0 Å². The minimum atomic E-state index is -1.01. The van der Waals surface area contributed by atoms with E-state index in [0.717, 1.165) is 20.6 Å². The molecule has 0 atom stereocenters. The minimum absolute atomic E-state index is 0. The predicted molar refractivity (Wildman–Crippen MR) is 60.1 cm³/mol. The Hall–Kier alpha value is 0.331. The minimum Gasteiger partial charge on any atom is -0.400 e. The van der Waals surface area contributed by atoms with Gasteiger partial charge < -0.3 is 10.2 Å². The van der Waals surface area contributed by atoms with Crippen LogP contribution in [-0.2, 0) is 21.7 Å². The summed E-state index contributed by atoms with van der Waals surface area (Å²) >= 11 is 0. The van der Waals surface area contributed by atoms with Crippen LogP contribution in [0.4, 0.5) is 0 Å². The molecule has 0 aromatic carbocycles. The third-order valence-corrected chi connectivity index (χ3v) is 3.46. The van der Waals surface area contributed by atoms with Crippen LogP contribution in [0.5, 0.6) is 0 Å². The van der Waals surface area contributed by atoms with Crippen molar-refractivity contribution in [2.24, 2.45) is 0 Å². The van der Waals surface area contributed by atoms with Gasteiger partial charge in [-0.3, -0.25) is 6.08 Å². The fourth-order valence-electron chi connectivity index (χ4n) is 0.920. The Kier molecular flexibility index (Phi) is 16.2. The molecule has 0 unspecified atom stereocenters. The summed E-state index contributed by atoms with van der Waals surface area (Å²) in [6, 6.07) is 0. The van der Waals surface area contributed by atoms with E-state index in [-0.39, 0.29) is 21.7 Å². The fourth-order valence-corrected chi connectivity index (χ4v) is 2.17. The number of aliphatic hydroxyl groups excluding tert-OH is 2. The second-order valence-electron chi connectivity index (χ2n) is 3.45. The van der Waals surface area contributed by atoms with Gasteiger partial charge in [-0.05, 0) is 0 Å². The first-order valence-corrected chi connectivity index (χ1v) is 7.78. The summed E-state index contributed by atoms with van der Waals surface area (Å²) in [6.07, 6.45) is 8.82. The Labute approximate surface area is 104 Å². The maximum absolute atomic E-state index is 7.00. The Bertz CT molecular complexity index is 171. The molecular weight excluding hydrogens is 228 g/mol. The molecule has 0 fully saturated rings. The molecule has 4 heteroatoms. The fraction of sp³-hybridized carbons (Fsp3) is 0.600. The zero-order chi connectivity index (χ0) is 10.9. The Morgan fingerprint density at radius 2 is 1.57 bits per heavy atom. The smallest absolute Gasteiger partial charge is 0.0393 e. The summed E-state index contributed by atoms with van der Waals surface area (Å²) < 4.78 is 0. The van der Waals surface area contributed by atoms with Crippen molar-refractivity contribution in [1.82, 2.24) is 0 Å². The van der Waals surface area contributed by atoms with Crippen LogP contribution in [0.15, 0.2) is 17.3 Å². The molecule has 82 valence electrons. The van der Waals surface area contributed by atoms with Crippen LogP contribution < -0.4 is 0 Å². The number of rotatable bonds is 1. The molecule has 1 aliphatic rings. The van der Waals surface area contributed by atoms with E-state index in [4.69, 9.17) is 10.2 Å². The summed E-state index contributed by atoms with van der Waals surface area (Å²) in [6.45, 7) is 7.06. The second kappa shape index (κ2) is 11.4. The average molecular weight is 249 g/mol. The first-order valence-electron chi connectivity index (χ1n) is 4.28. The monoisotopic (exact) mass is 249 g/mol. The van der Waals surface area contributed by atoms with Gasteiger partial charge in [-0.25, -0.2) is 11.3 Å². The van der Waals surface area contributed by atoms with Gasteiger partial charge >= 0.3 is 0 Å². The molecule has 1 rings (SSSR count). The molecule has 0 aromatic heterocycles. The van der Waals surface area contributed by atoms with Gasteiger partial charge in [0.25, 0.3) is 0 Å². The van der Waals surface area contributed by atoms with Crippen molar-refractivity contribution in [3.63, 3.8) is 0 Å². The van der Waals surface area contributed by atoms with Crippen LogP contribution in [0.2, 0.25) is 19.6 Å². The van der Waals surface area contributed by atoms with E-state index in [9.17, 15) is 0 Å². The molecule has 2 nitrogen and oxygen atoms in total. The van der Waals surface area contributed by atoms with Crippen molar-refractivity contribution in [2.45, 2.75) is 26.1 Å². The van der Waals surface area contributed by atoms with Gasteiger partial charge in [-0.15, -0.1) is 6.42 Å². The quantitative estimate of drug-likeness (QED) is 0.549. The number of allylic oxidation sites excluding steroid dienone is 4. The van der Waals surface area contributed by atoms with E-state index in [1.165, 1.54) is 5.20 Å². The standard InChI is InChI=1S/C8H13Si.2CH4O.Ti/c1-9(2,3)8-6-4-5-7-8;2*1-2;/h4,6H,5H2,1-3H3;2*2H,1H3;/q-1;;;. The summed E-state index contributed by atoms with van der Waals surface area (Å²) in [4.78, 5) is 0. The summed E-state index contributed by atoms with van der Waals surface area (Å²) in [5, 5.41) is 15.5. The molecule has 14 heavy (non-hydrogen) atoms. The summed E-state index contributed by atoms with van der Waals surface area (Å²) in [5.74, 6) is 0. The molecular formula is C10H21O2SiTi-. The molecule has 0 spiro atoms. The second-order valence-corrected chi connectivity index (χ2v) is 8.49. The van der Waals surface area contributed by atoms with Crippen molar-refractivity contribution in [3.8, 4) is 0 Å². The van der Waals surface area contributed by atoms with Crippen LogP contribution >= 0.6 is 0 Å². The van der Waals surface area contributed by atoms with Crippen molar-refractivity contribution in [1.29, 1.82) is 0 Å². The SMILES string of the molecule is CO.CO.C[Si](C)(C)C1=[C-]CC=C1.[Ti]. The maximum Gasteiger partial charge on any atom is 0.0393 e. The molecule has 2 N–H and O–H groups in total. The van der Waals surface area contributed by atoms with Crippen molar-refractivity contribution < 1.29 is 31.9 Å². The predicted octanol–water partition coefficient (Wildman–Crippen LogP) is 1.77. The molecule has 1 aliphatic carbocycles. The number of hydrogen-bond donors (Lipinski definition) is 2. The largest absolute Gasteiger partial charge is 0.400 e. The topological polar surface area (TPSA) is 40.5 Å². The van der Waals surface area contributed by atoms with Crippen LogP contribution in [0.3, 0.4) is 0 Å². The normalized spacial score (nSPS) is 12.6. The molecule has 0 heterocycles. The Balaban J connectivity index is -0.000000216. The molecule has 0 radical (unpaired) electrons. The third-order valence-electron chi connectivity index (χ3n) is 1.50. The average Bonchev–Trinajstić information content (AvgIpc) is 2.63. The molecule has 0 saturated carbocycles. The van der Waals surface area contributed by atoms with Crippen LogP contribution in [-0.4, -0.2) is 32.5 Å². The molecule has 0 saturated heterocycles. The molecule has 0 aliphatic heterocycles. The van der Waals surface area contributed by atoms with E-state index in [0.29, 0.717) is 0 Å². The zero-order valence-electron chi connectivity index (χ0n) is 9.76. The van der Waals surface area contributed by atoms with Gasteiger partial charge in [0, 0.05) is 44.0 Å². The Morgan fingerprint density at radius 1 is 1.14 bits per heavy atom. The van der Waals surface area contributed by atoms with Crippen LogP contribution in [0.25, 0.3) is 0 Å². The van der Waals surface area contributed by atoms with Crippen LogP contribution in [0, 0.1) is 6.08 Å². The van der Waals surface area contributed by atoms with Gasteiger partial charge in [-0.1, -0.05) is 19.6 Å². The van der Waals surface area contributed by atoms with E-state index in [1.54, 1.807) is 0 Å². The van der Waals surface area contributed by atoms with Crippen molar-refractivity contribution >= 4 is 8.07 Å². The third kappa shape index (κ3) is 8.91.